The number of carbonyl (C=O) groups excluding carboxylic acids is 1. The van der Waals surface area contributed by atoms with Gasteiger partial charge in [0.05, 0.1) is 6.04 Å². The maximum absolute atomic E-state index is 13.4. The molecule has 0 aliphatic carbocycles. The van der Waals surface area contributed by atoms with Crippen molar-refractivity contribution in [1.29, 1.82) is 0 Å². The molecule has 0 aromatic heterocycles. The van der Waals surface area contributed by atoms with Crippen LogP contribution in [0.5, 0.6) is 0 Å². The SMILES string of the molecule is CC1C(=O)N(c2cccc(F)c2)CCN1Cc1ccc(F)cc1. The summed E-state index contributed by atoms with van der Waals surface area (Å²) in [4.78, 5) is 16.3. The lowest BCUT2D eigenvalue weighted by Gasteiger charge is -2.39. The van der Waals surface area contributed by atoms with Crippen molar-refractivity contribution in [1.82, 2.24) is 4.90 Å². The molecule has 1 aliphatic rings. The van der Waals surface area contributed by atoms with Gasteiger partial charge in [0.15, 0.2) is 0 Å². The highest BCUT2D eigenvalue weighted by Crippen LogP contribution is 2.22. The van der Waals surface area contributed by atoms with Crippen LogP contribution in [0.25, 0.3) is 0 Å². The van der Waals surface area contributed by atoms with Gasteiger partial charge in [0, 0.05) is 25.3 Å². The average Bonchev–Trinajstić information content (AvgIpc) is 2.54. The smallest absolute Gasteiger partial charge is 0.244 e. The second-order valence-electron chi connectivity index (χ2n) is 5.74. The monoisotopic (exact) mass is 316 g/mol. The highest BCUT2D eigenvalue weighted by Gasteiger charge is 2.32. The number of anilines is 1. The summed E-state index contributed by atoms with van der Waals surface area (Å²) in [5.41, 5.74) is 1.55. The van der Waals surface area contributed by atoms with E-state index in [1.807, 2.05) is 11.8 Å². The van der Waals surface area contributed by atoms with Gasteiger partial charge in [0.2, 0.25) is 5.91 Å². The van der Waals surface area contributed by atoms with E-state index in [0.29, 0.717) is 25.3 Å². The van der Waals surface area contributed by atoms with Crippen molar-refractivity contribution < 1.29 is 13.6 Å². The molecule has 3 nitrogen and oxygen atoms in total. The molecule has 1 atom stereocenters. The summed E-state index contributed by atoms with van der Waals surface area (Å²) in [6.45, 7) is 3.62. The number of hydrogen-bond donors (Lipinski definition) is 0. The molecular formula is C18H18F2N2O. The van der Waals surface area contributed by atoms with Crippen molar-refractivity contribution in [2.24, 2.45) is 0 Å². The minimum absolute atomic E-state index is 0.0519. The first-order valence-corrected chi connectivity index (χ1v) is 7.60. The van der Waals surface area contributed by atoms with Crippen molar-refractivity contribution in [3.63, 3.8) is 0 Å². The summed E-state index contributed by atoms with van der Waals surface area (Å²) < 4.78 is 26.3. The molecule has 1 aliphatic heterocycles. The van der Waals surface area contributed by atoms with Crippen LogP contribution in [-0.4, -0.2) is 29.9 Å². The van der Waals surface area contributed by atoms with Gasteiger partial charge in [0.25, 0.3) is 0 Å². The van der Waals surface area contributed by atoms with Gasteiger partial charge in [-0.25, -0.2) is 8.78 Å². The summed E-state index contributed by atoms with van der Waals surface area (Å²) in [6.07, 6.45) is 0. The Bertz CT molecular complexity index is 702. The van der Waals surface area contributed by atoms with Crippen LogP contribution in [0.1, 0.15) is 12.5 Å². The third kappa shape index (κ3) is 3.40. The van der Waals surface area contributed by atoms with Crippen molar-refractivity contribution in [2.75, 3.05) is 18.0 Å². The van der Waals surface area contributed by atoms with Crippen molar-refractivity contribution >= 4 is 11.6 Å². The Hall–Kier alpha value is -2.27. The van der Waals surface area contributed by atoms with Crippen LogP contribution in [0.2, 0.25) is 0 Å². The van der Waals surface area contributed by atoms with Crippen LogP contribution in [0.15, 0.2) is 48.5 Å². The van der Waals surface area contributed by atoms with E-state index in [1.54, 1.807) is 29.2 Å². The number of carbonyl (C=O) groups is 1. The van der Waals surface area contributed by atoms with E-state index in [0.717, 1.165) is 5.56 Å². The lowest BCUT2D eigenvalue weighted by atomic mass is 10.1. The number of benzene rings is 2. The molecule has 2 aromatic carbocycles. The molecule has 23 heavy (non-hydrogen) atoms. The first-order valence-electron chi connectivity index (χ1n) is 7.60. The topological polar surface area (TPSA) is 23.6 Å². The van der Waals surface area contributed by atoms with E-state index in [2.05, 4.69) is 0 Å². The fourth-order valence-electron chi connectivity index (χ4n) is 2.85. The van der Waals surface area contributed by atoms with Crippen LogP contribution in [-0.2, 0) is 11.3 Å². The Kier molecular flexibility index (Phi) is 4.39. The van der Waals surface area contributed by atoms with Crippen molar-refractivity contribution in [2.45, 2.75) is 19.5 Å². The zero-order valence-electron chi connectivity index (χ0n) is 12.9. The number of piperazine rings is 1. The Morgan fingerprint density at radius 3 is 2.48 bits per heavy atom. The molecule has 1 amide bonds. The first-order chi connectivity index (χ1) is 11.0. The largest absolute Gasteiger partial charge is 0.310 e. The highest BCUT2D eigenvalue weighted by molar-refractivity contribution is 5.97. The molecule has 3 rings (SSSR count). The van der Waals surface area contributed by atoms with E-state index >= 15 is 0 Å². The molecule has 1 heterocycles. The number of hydrogen-bond acceptors (Lipinski definition) is 2. The van der Waals surface area contributed by atoms with Crippen LogP contribution in [0.4, 0.5) is 14.5 Å². The molecule has 2 aromatic rings. The number of nitrogens with zero attached hydrogens (tertiary/aromatic N) is 2. The van der Waals surface area contributed by atoms with Gasteiger partial charge >= 0.3 is 0 Å². The summed E-state index contributed by atoms with van der Waals surface area (Å²) in [5, 5.41) is 0. The second-order valence-corrected chi connectivity index (χ2v) is 5.74. The minimum atomic E-state index is -0.350. The third-order valence-corrected chi connectivity index (χ3v) is 4.20. The molecule has 0 radical (unpaired) electrons. The highest BCUT2D eigenvalue weighted by atomic mass is 19.1. The quantitative estimate of drug-likeness (QED) is 0.868. The van der Waals surface area contributed by atoms with E-state index < -0.39 is 0 Å². The molecule has 0 bridgehead atoms. The Labute approximate surface area is 134 Å². The number of halogens is 2. The standard InChI is InChI=1S/C18H18F2N2O/c1-13-18(23)22(17-4-2-3-16(20)11-17)10-9-21(13)12-14-5-7-15(19)8-6-14/h2-8,11,13H,9-10,12H2,1H3. The molecule has 1 fully saturated rings. The van der Waals surface area contributed by atoms with Gasteiger partial charge in [-0.05, 0) is 42.8 Å². The molecule has 1 unspecified atom stereocenters. The summed E-state index contributed by atoms with van der Waals surface area (Å²) in [6, 6.07) is 12.1. The van der Waals surface area contributed by atoms with E-state index in [1.165, 1.54) is 24.3 Å². The predicted octanol–water partition coefficient (Wildman–Crippen LogP) is 3.20. The molecule has 1 saturated heterocycles. The lowest BCUT2D eigenvalue weighted by molar-refractivity contribution is -0.125. The van der Waals surface area contributed by atoms with Crippen molar-refractivity contribution in [3.8, 4) is 0 Å². The Morgan fingerprint density at radius 2 is 1.78 bits per heavy atom. The zero-order chi connectivity index (χ0) is 16.4. The van der Waals surface area contributed by atoms with Gasteiger partial charge in [-0.1, -0.05) is 18.2 Å². The van der Waals surface area contributed by atoms with E-state index in [9.17, 15) is 13.6 Å². The normalized spacial score (nSPS) is 19.2. The molecule has 5 heteroatoms. The Morgan fingerprint density at radius 1 is 1.04 bits per heavy atom. The Balaban J connectivity index is 1.72. The predicted molar refractivity (Wildman–Crippen MR) is 85.0 cm³/mol. The number of rotatable bonds is 3. The van der Waals surface area contributed by atoms with Crippen LogP contribution < -0.4 is 4.90 Å². The molecule has 0 saturated carbocycles. The first kappa shape index (κ1) is 15.6. The van der Waals surface area contributed by atoms with E-state index in [-0.39, 0.29) is 23.6 Å². The van der Waals surface area contributed by atoms with E-state index in [4.69, 9.17) is 0 Å². The second kappa shape index (κ2) is 6.46. The molecule has 0 N–H and O–H groups in total. The fraction of sp³-hybridized carbons (Fsp3) is 0.278. The third-order valence-electron chi connectivity index (χ3n) is 4.20. The lowest BCUT2D eigenvalue weighted by Crippen LogP contribution is -2.55. The van der Waals surface area contributed by atoms with Gasteiger partial charge in [0.1, 0.15) is 11.6 Å². The maximum Gasteiger partial charge on any atom is 0.244 e. The summed E-state index contributed by atoms with van der Waals surface area (Å²) >= 11 is 0. The molecule has 0 spiro atoms. The van der Waals surface area contributed by atoms with Crippen LogP contribution in [0, 0.1) is 11.6 Å². The molecule has 120 valence electrons. The van der Waals surface area contributed by atoms with Gasteiger partial charge in [-0.3, -0.25) is 9.69 Å². The minimum Gasteiger partial charge on any atom is -0.310 e. The fourth-order valence-corrected chi connectivity index (χ4v) is 2.85. The summed E-state index contributed by atoms with van der Waals surface area (Å²) in [7, 11) is 0. The van der Waals surface area contributed by atoms with Crippen molar-refractivity contribution in [3.05, 3.63) is 65.7 Å². The van der Waals surface area contributed by atoms with Gasteiger partial charge in [-0.2, -0.15) is 0 Å². The van der Waals surface area contributed by atoms with Gasteiger partial charge in [-0.15, -0.1) is 0 Å². The summed E-state index contributed by atoms with van der Waals surface area (Å²) in [5.74, 6) is -0.672. The zero-order valence-corrected chi connectivity index (χ0v) is 12.9. The van der Waals surface area contributed by atoms with Crippen LogP contribution >= 0.6 is 0 Å². The van der Waals surface area contributed by atoms with Gasteiger partial charge < -0.3 is 4.90 Å². The number of amides is 1. The molecular weight excluding hydrogens is 298 g/mol. The maximum atomic E-state index is 13.4. The van der Waals surface area contributed by atoms with Crippen LogP contribution in [0.3, 0.4) is 0 Å². The average molecular weight is 316 g/mol.